The predicted molar refractivity (Wildman–Crippen MR) is 108 cm³/mol. The molecule has 6 heteroatoms. The van der Waals surface area contributed by atoms with Crippen LogP contribution in [0.2, 0.25) is 0 Å². The van der Waals surface area contributed by atoms with Crippen molar-refractivity contribution in [2.75, 3.05) is 19.5 Å². The smallest absolute Gasteiger partial charge is 0.226 e. The normalized spacial score (nSPS) is 15.0. The van der Waals surface area contributed by atoms with E-state index in [9.17, 15) is 9.59 Å². The molecule has 2 aromatic carbocycles. The average Bonchev–Trinajstić information content (AvgIpc) is 2.69. The van der Waals surface area contributed by atoms with Crippen molar-refractivity contribution in [2.24, 2.45) is 0 Å². The lowest BCUT2D eigenvalue weighted by atomic mass is 9.93. The van der Waals surface area contributed by atoms with Crippen LogP contribution in [0.15, 0.2) is 42.6 Å². The Bertz CT molecular complexity index is 936. The van der Waals surface area contributed by atoms with E-state index in [-0.39, 0.29) is 24.3 Å². The molecule has 1 aliphatic rings. The molecule has 0 fully saturated rings. The minimum absolute atomic E-state index is 0.106. The average molecular weight is 380 g/mol. The van der Waals surface area contributed by atoms with Crippen LogP contribution in [-0.4, -0.2) is 30.9 Å². The molecular formula is C22H24N2O4. The van der Waals surface area contributed by atoms with Crippen LogP contribution in [-0.2, 0) is 9.59 Å². The van der Waals surface area contributed by atoms with E-state index in [2.05, 4.69) is 5.32 Å². The minimum atomic E-state index is -0.348. The van der Waals surface area contributed by atoms with E-state index in [0.717, 1.165) is 16.7 Å². The zero-order chi connectivity index (χ0) is 20.3. The maximum absolute atomic E-state index is 12.8. The summed E-state index contributed by atoms with van der Waals surface area (Å²) in [6.07, 6.45) is 3.78. The number of methoxy groups -OCH3 is 2. The third-order valence-corrected chi connectivity index (χ3v) is 4.85. The van der Waals surface area contributed by atoms with Gasteiger partial charge in [0.15, 0.2) is 11.5 Å². The quantitative estimate of drug-likeness (QED) is 0.854. The standard InChI is InChI=1S/C22H24N2O4/c1-14-11-20(27-3)21(28-4)12-18(14)23-22(26)13-19-17-8-6-5-7-16(17)9-10-24(19)15(2)25/h5-12,19H,13H2,1-4H3,(H,23,26)/t19-/m1/s1. The number of hydrogen-bond acceptors (Lipinski definition) is 4. The van der Waals surface area contributed by atoms with Gasteiger partial charge in [0, 0.05) is 24.9 Å². The molecule has 0 bridgehead atoms. The number of fused-ring (bicyclic) bond motifs is 1. The number of nitrogens with zero attached hydrogens (tertiary/aromatic N) is 1. The molecule has 0 aliphatic carbocycles. The summed E-state index contributed by atoms with van der Waals surface area (Å²) in [7, 11) is 3.12. The Hall–Kier alpha value is -3.28. The summed E-state index contributed by atoms with van der Waals surface area (Å²) in [5, 5.41) is 2.94. The first-order valence-corrected chi connectivity index (χ1v) is 9.03. The number of hydrogen-bond donors (Lipinski definition) is 1. The zero-order valence-corrected chi connectivity index (χ0v) is 16.5. The third-order valence-electron chi connectivity index (χ3n) is 4.85. The number of anilines is 1. The first kappa shape index (κ1) is 19.5. The van der Waals surface area contributed by atoms with E-state index >= 15 is 0 Å². The van der Waals surface area contributed by atoms with Crippen molar-refractivity contribution in [3.05, 3.63) is 59.3 Å². The van der Waals surface area contributed by atoms with Crippen LogP contribution in [0.25, 0.3) is 6.08 Å². The summed E-state index contributed by atoms with van der Waals surface area (Å²) < 4.78 is 10.6. The molecule has 28 heavy (non-hydrogen) atoms. The van der Waals surface area contributed by atoms with Crippen molar-refractivity contribution in [1.29, 1.82) is 0 Å². The Kier molecular flexibility index (Phi) is 5.68. The van der Waals surface area contributed by atoms with Gasteiger partial charge in [-0.1, -0.05) is 24.3 Å². The van der Waals surface area contributed by atoms with Gasteiger partial charge in [0.25, 0.3) is 0 Å². The topological polar surface area (TPSA) is 67.9 Å². The molecule has 2 aromatic rings. The second kappa shape index (κ2) is 8.17. The molecule has 3 rings (SSSR count). The Morgan fingerprint density at radius 1 is 1.11 bits per heavy atom. The number of amides is 2. The van der Waals surface area contributed by atoms with Crippen molar-refractivity contribution in [1.82, 2.24) is 4.90 Å². The number of carbonyl (C=O) groups is 2. The van der Waals surface area contributed by atoms with E-state index in [0.29, 0.717) is 17.2 Å². The highest BCUT2D eigenvalue weighted by molar-refractivity contribution is 5.93. The van der Waals surface area contributed by atoms with Crippen molar-refractivity contribution in [2.45, 2.75) is 26.3 Å². The molecule has 6 nitrogen and oxygen atoms in total. The summed E-state index contributed by atoms with van der Waals surface area (Å²) in [6.45, 7) is 3.39. The first-order valence-electron chi connectivity index (χ1n) is 9.03. The van der Waals surface area contributed by atoms with Gasteiger partial charge in [-0.3, -0.25) is 9.59 Å². The third kappa shape index (κ3) is 3.86. The van der Waals surface area contributed by atoms with Gasteiger partial charge in [-0.05, 0) is 35.8 Å². The highest BCUT2D eigenvalue weighted by Gasteiger charge is 2.28. The van der Waals surface area contributed by atoms with Crippen LogP contribution in [0, 0.1) is 6.92 Å². The largest absolute Gasteiger partial charge is 0.493 e. The number of nitrogens with one attached hydrogen (secondary N) is 1. The molecule has 2 amide bonds. The number of ether oxygens (including phenoxy) is 2. The molecule has 0 saturated carbocycles. The van der Waals surface area contributed by atoms with Crippen LogP contribution < -0.4 is 14.8 Å². The van der Waals surface area contributed by atoms with Gasteiger partial charge < -0.3 is 19.7 Å². The molecule has 1 aliphatic heterocycles. The summed E-state index contributed by atoms with van der Waals surface area (Å²) >= 11 is 0. The first-order chi connectivity index (χ1) is 13.4. The van der Waals surface area contributed by atoms with Crippen molar-refractivity contribution in [3.63, 3.8) is 0 Å². The lowest BCUT2D eigenvalue weighted by Crippen LogP contribution is -2.33. The van der Waals surface area contributed by atoms with E-state index in [1.54, 1.807) is 31.4 Å². The molecule has 1 N–H and O–H groups in total. The minimum Gasteiger partial charge on any atom is -0.493 e. The maximum Gasteiger partial charge on any atom is 0.226 e. The fraction of sp³-hybridized carbons (Fsp3) is 0.273. The summed E-state index contributed by atoms with van der Waals surface area (Å²) in [5.41, 5.74) is 3.48. The summed E-state index contributed by atoms with van der Waals surface area (Å²) in [6, 6.07) is 11.0. The predicted octanol–water partition coefficient (Wildman–Crippen LogP) is 3.91. The number of carbonyl (C=O) groups excluding carboxylic acids is 2. The Morgan fingerprint density at radius 2 is 1.79 bits per heavy atom. The molecule has 1 atom stereocenters. The molecule has 1 heterocycles. The van der Waals surface area contributed by atoms with E-state index < -0.39 is 0 Å². The second-order valence-electron chi connectivity index (χ2n) is 6.66. The zero-order valence-electron chi connectivity index (χ0n) is 16.5. The molecule has 0 radical (unpaired) electrons. The van der Waals surface area contributed by atoms with Gasteiger partial charge in [0.05, 0.1) is 26.7 Å². The van der Waals surface area contributed by atoms with Crippen molar-refractivity contribution in [3.8, 4) is 11.5 Å². The lowest BCUT2D eigenvalue weighted by Gasteiger charge is -2.32. The molecule has 146 valence electrons. The van der Waals surface area contributed by atoms with Crippen LogP contribution in [0.1, 0.15) is 36.1 Å². The summed E-state index contributed by atoms with van der Waals surface area (Å²) in [4.78, 5) is 26.5. The lowest BCUT2D eigenvalue weighted by molar-refractivity contribution is -0.129. The van der Waals surface area contributed by atoms with Crippen LogP contribution in [0.3, 0.4) is 0 Å². The van der Waals surface area contributed by atoms with E-state index in [1.807, 2.05) is 43.3 Å². The second-order valence-corrected chi connectivity index (χ2v) is 6.66. The number of aryl methyl sites for hydroxylation is 1. The van der Waals surface area contributed by atoms with Crippen LogP contribution in [0.4, 0.5) is 5.69 Å². The van der Waals surface area contributed by atoms with Crippen LogP contribution in [0.5, 0.6) is 11.5 Å². The highest BCUT2D eigenvalue weighted by Crippen LogP contribution is 2.35. The fourth-order valence-electron chi connectivity index (χ4n) is 3.41. The van der Waals surface area contributed by atoms with Gasteiger partial charge >= 0.3 is 0 Å². The fourth-order valence-corrected chi connectivity index (χ4v) is 3.41. The van der Waals surface area contributed by atoms with Crippen LogP contribution >= 0.6 is 0 Å². The maximum atomic E-state index is 12.8. The highest BCUT2D eigenvalue weighted by atomic mass is 16.5. The summed E-state index contributed by atoms with van der Waals surface area (Å²) in [5.74, 6) is 0.856. The Labute approximate surface area is 164 Å². The SMILES string of the molecule is COc1cc(C)c(NC(=O)C[C@@H]2c3ccccc3C=CN2C(C)=O)cc1OC. The number of rotatable bonds is 5. The van der Waals surface area contributed by atoms with Gasteiger partial charge in [0.1, 0.15) is 0 Å². The van der Waals surface area contributed by atoms with E-state index in [4.69, 9.17) is 9.47 Å². The monoisotopic (exact) mass is 380 g/mol. The van der Waals surface area contributed by atoms with Gasteiger partial charge in [-0.2, -0.15) is 0 Å². The molecule has 0 unspecified atom stereocenters. The molecule has 0 saturated heterocycles. The Morgan fingerprint density at radius 3 is 2.46 bits per heavy atom. The molecular weight excluding hydrogens is 356 g/mol. The van der Waals surface area contributed by atoms with Crippen molar-refractivity contribution >= 4 is 23.6 Å². The molecule has 0 aromatic heterocycles. The van der Waals surface area contributed by atoms with Crippen molar-refractivity contribution < 1.29 is 19.1 Å². The van der Waals surface area contributed by atoms with Gasteiger partial charge in [-0.15, -0.1) is 0 Å². The number of benzene rings is 2. The Balaban J connectivity index is 1.84. The van der Waals surface area contributed by atoms with Gasteiger partial charge in [0.2, 0.25) is 11.8 Å². The van der Waals surface area contributed by atoms with Gasteiger partial charge in [-0.25, -0.2) is 0 Å². The molecule has 0 spiro atoms. The van der Waals surface area contributed by atoms with E-state index in [1.165, 1.54) is 6.92 Å².